The van der Waals surface area contributed by atoms with Gasteiger partial charge in [0.25, 0.3) is 5.91 Å². The second-order valence-corrected chi connectivity index (χ2v) is 7.71. The van der Waals surface area contributed by atoms with Crippen molar-refractivity contribution in [2.24, 2.45) is 0 Å². The summed E-state index contributed by atoms with van der Waals surface area (Å²) in [5, 5.41) is 3.69. The molecule has 0 fully saturated rings. The Bertz CT molecular complexity index is 1040. The Morgan fingerprint density at radius 2 is 1.82 bits per heavy atom. The summed E-state index contributed by atoms with van der Waals surface area (Å²) in [6, 6.07) is 13.5. The lowest BCUT2D eigenvalue weighted by molar-refractivity contribution is -0.127. The summed E-state index contributed by atoms with van der Waals surface area (Å²) in [6.07, 6.45) is 0. The Morgan fingerprint density at radius 1 is 1.15 bits per heavy atom. The molecule has 1 aliphatic rings. The molecule has 0 saturated carbocycles. The summed E-state index contributed by atoms with van der Waals surface area (Å²) in [5.41, 5.74) is 2.67. The molecule has 0 spiro atoms. The summed E-state index contributed by atoms with van der Waals surface area (Å²) >= 11 is 5.67. The number of halogens is 2. The van der Waals surface area contributed by atoms with E-state index in [-0.39, 0.29) is 17.4 Å². The number of anilines is 1. The molecule has 1 atom stereocenters. The number of allylic oxidation sites excluding steroid dienone is 1. The van der Waals surface area contributed by atoms with Crippen LogP contribution in [0.2, 0.25) is 0 Å². The number of hydrogen-bond donors (Lipinski definition) is 1. The van der Waals surface area contributed by atoms with Gasteiger partial charge >= 0.3 is 6.61 Å². The van der Waals surface area contributed by atoms with Crippen molar-refractivity contribution in [2.75, 3.05) is 25.1 Å². The van der Waals surface area contributed by atoms with E-state index < -0.39 is 12.7 Å². The topological polar surface area (TPSA) is 54.0 Å². The minimum atomic E-state index is -2.98. The molecule has 3 rings (SSSR count). The van der Waals surface area contributed by atoms with Gasteiger partial charge in [0.15, 0.2) is 16.6 Å². The maximum absolute atomic E-state index is 13.6. The van der Waals surface area contributed by atoms with Crippen LogP contribution in [-0.4, -0.2) is 42.7 Å². The molecule has 0 aliphatic carbocycles. The molecule has 1 amide bonds. The van der Waals surface area contributed by atoms with E-state index >= 15 is 0 Å². The number of carbonyl (C=O) groups excluding carboxylic acids is 1. The fraction of sp³-hybridized carbons (Fsp3) is 0.333. The molecule has 1 unspecified atom stereocenters. The number of nitrogens with one attached hydrogen (secondary N) is 1. The molecule has 0 aromatic heterocycles. The van der Waals surface area contributed by atoms with Crippen LogP contribution in [0.3, 0.4) is 0 Å². The molecule has 33 heavy (non-hydrogen) atoms. The fourth-order valence-electron chi connectivity index (χ4n) is 3.90. The third-order valence-corrected chi connectivity index (χ3v) is 5.82. The average molecular weight is 476 g/mol. The first-order valence-electron chi connectivity index (χ1n) is 10.6. The highest BCUT2D eigenvalue weighted by molar-refractivity contribution is 7.80. The highest BCUT2D eigenvalue weighted by Gasteiger charge is 2.36. The molecule has 1 aliphatic heterocycles. The number of thiocarbonyl (C=S) groups is 1. The zero-order valence-electron chi connectivity index (χ0n) is 19.0. The minimum Gasteiger partial charge on any atom is -0.493 e. The van der Waals surface area contributed by atoms with E-state index in [0.717, 1.165) is 5.69 Å². The first kappa shape index (κ1) is 24.4. The van der Waals surface area contributed by atoms with E-state index in [4.69, 9.17) is 17.0 Å². The average Bonchev–Trinajstić information content (AvgIpc) is 2.80. The molecule has 9 heteroatoms. The van der Waals surface area contributed by atoms with Crippen LogP contribution in [0.15, 0.2) is 59.8 Å². The first-order chi connectivity index (χ1) is 15.8. The van der Waals surface area contributed by atoms with E-state index in [2.05, 4.69) is 10.1 Å². The molecule has 0 bridgehead atoms. The van der Waals surface area contributed by atoms with Crippen LogP contribution in [-0.2, 0) is 4.79 Å². The lowest BCUT2D eigenvalue weighted by Crippen LogP contribution is -2.50. The maximum atomic E-state index is 13.6. The number of rotatable bonds is 8. The number of alkyl halides is 2. The highest BCUT2D eigenvalue weighted by atomic mass is 32.1. The van der Waals surface area contributed by atoms with Crippen molar-refractivity contribution in [3.8, 4) is 11.5 Å². The Morgan fingerprint density at radius 3 is 2.39 bits per heavy atom. The number of likely N-dealkylation sites (N-methyl/N-ethyl adjacent to an activating group) is 1. The largest absolute Gasteiger partial charge is 0.493 e. The fourth-order valence-corrected chi connectivity index (χ4v) is 4.26. The number of ether oxygens (including phenoxy) is 2. The SMILES string of the molecule is CCN(CC)C(=O)C1=C(C)N(c2ccccc2)C(=S)NC1c1ccc(OC(F)F)c(OC)c1. The Labute approximate surface area is 197 Å². The van der Waals surface area contributed by atoms with Crippen molar-refractivity contribution < 1.29 is 23.0 Å². The molecule has 6 nitrogen and oxygen atoms in total. The van der Waals surface area contributed by atoms with Crippen LogP contribution >= 0.6 is 12.2 Å². The van der Waals surface area contributed by atoms with E-state index in [1.807, 2.05) is 56.0 Å². The zero-order chi connectivity index (χ0) is 24.1. The van der Waals surface area contributed by atoms with Gasteiger partial charge in [0, 0.05) is 24.5 Å². The van der Waals surface area contributed by atoms with Gasteiger partial charge in [-0.3, -0.25) is 9.69 Å². The second-order valence-electron chi connectivity index (χ2n) is 7.32. The maximum Gasteiger partial charge on any atom is 0.387 e. The lowest BCUT2D eigenvalue weighted by atomic mass is 9.93. The quantitative estimate of drug-likeness (QED) is 0.550. The molecular weight excluding hydrogens is 448 g/mol. The second kappa shape index (κ2) is 10.6. The number of nitrogens with zero attached hydrogens (tertiary/aromatic N) is 2. The van der Waals surface area contributed by atoms with Crippen molar-refractivity contribution in [2.45, 2.75) is 33.4 Å². The van der Waals surface area contributed by atoms with E-state index in [0.29, 0.717) is 35.0 Å². The minimum absolute atomic E-state index is 0.0853. The standard InChI is InChI=1S/C24H27F2N3O3S/c1-5-28(6-2)22(30)20-15(3)29(17-10-8-7-9-11-17)24(33)27-21(20)16-12-13-18(32-23(25)26)19(14-16)31-4/h7-14,21,23H,5-6H2,1-4H3,(H,27,33). The number of methoxy groups -OCH3 is 1. The van der Waals surface area contributed by atoms with Crippen molar-refractivity contribution in [3.05, 3.63) is 65.4 Å². The van der Waals surface area contributed by atoms with Crippen LogP contribution in [0.5, 0.6) is 11.5 Å². The molecular formula is C24H27F2N3O3S. The first-order valence-corrected chi connectivity index (χ1v) is 11.0. The third-order valence-electron chi connectivity index (χ3n) is 5.52. The van der Waals surface area contributed by atoms with Gasteiger partial charge in [-0.05, 0) is 62.8 Å². The van der Waals surface area contributed by atoms with Crippen molar-refractivity contribution in [3.63, 3.8) is 0 Å². The molecule has 2 aromatic rings. The summed E-state index contributed by atoms with van der Waals surface area (Å²) in [4.78, 5) is 17.2. The van der Waals surface area contributed by atoms with Crippen molar-refractivity contribution in [1.82, 2.24) is 10.2 Å². The number of hydrogen-bond acceptors (Lipinski definition) is 4. The van der Waals surface area contributed by atoms with Crippen molar-refractivity contribution >= 4 is 28.9 Å². The zero-order valence-corrected chi connectivity index (χ0v) is 19.8. The number of carbonyl (C=O) groups is 1. The normalized spacial score (nSPS) is 16.0. The van der Waals surface area contributed by atoms with Crippen LogP contribution in [0.1, 0.15) is 32.4 Å². The molecule has 2 aromatic carbocycles. The van der Waals surface area contributed by atoms with Gasteiger partial charge in [0.2, 0.25) is 0 Å². The molecule has 176 valence electrons. The van der Waals surface area contributed by atoms with Crippen LogP contribution in [0.25, 0.3) is 0 Å². The smallest absolute Gasteiger partial charge is 0.387 e. The lowest BCUT2D eigenvalue weighted by Gasteiger charge is -2.39. The predicted octanol–water partition coefficient (Wildman–Crippen LogP) is 4.87. The van der Waals surface area contributed by atoms with Gasteiger partial charge in [0.05, 0.1) is 18.7 Å². The predicted molar refractivity (Wildman–Crippen MR) is 128 cm³/mol. The van der Waals surface area contributed by atoms with Gasteiger partial charge in [-0.15, -0.1) is 0 Å². The highest BCUT2D eigenvalue weighted by Crippen LogP contribution is 2.38. The van der Waals surface area contributed by atoms with Crippen LogP contribution < -0.4 is 19.7 Å². The number of amides is 1. The van der Waals surface area contributed by atoms with E-state index in [1.165, 1.54) is 13.2 Å². The third kappa shape index (κ3) is 5.08. The van der Waals surface area contributed by atoms with E-state index in [9.17, 15) is 13.6 Å². The van der Waals surface area contributed by atoms with Gasteiger partial charge in [-0.2, -0.15) is 8.78 Å². The summed E-state index contributed by atoms with van der Waals surface area (Å²) in [5.74, 6) is -0.0820. The van der Waals surface area contributed by atoms with E-state index in [1.54, 1.807) is 17.0 Å². The molecule has 0 saturated heterocycles. The Balaban J connectivity index is 2.15. The molecule has 0 radical (unpaired) electrons. The Kier molecular flexibility index (Phi) is 7.86. The monoisotopic (exact) mass is 475 g/mol. The number of para-hydroxylation sites is 1. The molecule has 1 N–H and O–H groups in total. The van der Waals surface area contributed by atoms with Gasteiger partial charge in [-0.25, -0.2) is 0 Å². The van der Waals surface area contributed by atoms with Crippen molar-refractivity contribution in [1.29, 1.82) is 0 Å². The van der Waals surface area contributed by atoms with Gasteiger partial charge in [-0.1, -0.05) is 24.3 Å². The molecule has 1 heterocycles. The van der Waals surface area contributed by atoms with Gasteiger partial charge in [0.1, 0.15) is 0 Å². The van der Waals surface area contributed by atoms with Gasteiger partial charge < -0.3 is 19.7 Å². The Hall–Kier alpha value is -3.20. The van der Waals surface area contributed by atoms with Crippen LogP contribution in [0.4, 0.5) is 14.5 Å². The summed E-state index contributed by atoms with van der Waals surface area (Å²) < 4.78 is 35.3. The summed E-state index contributed by atoms with van der Waals surface area (Å²) in [6.45, 7) is 3.79. The summed E-state index contributed by atoms with van der Waals surface area (Å²) in [7, 11) is 1.37. The number of benzene rings is 2. The van der Waals surface area contributed by atoms with Crippen LogP contribution in [0, 0.1) is 0 Å².